The van der Waals surface area contributed by atoms with E-state index in [1.54, 1.807) is 5.38 Å². The Morgan fingerprint density at radius 2 is 2.28 bits per heavy atom. The first-order chi connectivity index (χ1) is 15.6. The molecule has 0 aliphatic carbocycles. The molecule has 2 aromatic rings. The van der Waals surface area contributed by atoms with Crippen LogP contribution in [0.1, 0.15) is 40.8 Å². The van der Waals surface area contributed by atoms with Crippen LogP contribution in [0, 0.1) is 18.3 Å². The number of thiazole rings is 1. The minimum absolute atomic E-state index is 0.129. The standard InChI is InChI=1S/C21H27N7O3S/c1-14-24-17(15-3-2-5-28(11-15)6-4-22)9-19(25-14)27-21-26-18(13-32-21)20(29)23-10-16-12-30-7-8-31-16/h9,13,15-16H,2-3,5-8,10-12H2,1H3,(H,23,29)(H,24,25,26,27)/t15-,16+/m0/s1. The number of aromatic nitrogens is 3. The summed E-state index contributed by atoms with van der Waals surface area (Å²) in [4.78, 5) is 28.1. The molecule has 0 bridgehead atoms. The average molecular weight is 458 g/mol. The molecule has 2 atom stereocenters. The molecule has 1 amide bonds. The summed E-state index contributed by atoms with van der Waals surface area (Å²) in [5, 5.41) is 17.3. The molecule has 4 rings (SSSR count). The Labute approximate surface area is 191 Å². The predicted molar refractivity (Wildman–Crippen MR) is 119 cm³/mol. The summed E-state index contributed by atoms with van der Waals surface area (Å²) >= 11 is 1.34. The van der Waals surface area contributed by atoms with Gasteiger partial charge in [0, 0.05) is 30.5 Å². The quantitative estimate of drug-likeness (QED) is 0.599. The molecule has 4 heterocycles. The molecular formula is C21H27N7O3S. The Hall–Kier alpha value is -2.65. The zero-order valence-electron chi connectivity index (χ0n) is 18.0. The Morgan fingerprint density at radius 3 is 3.09 bits per heavy atom. The van der Waals surface area contributed by atoms with E-state index >= 15 is 0 Å². The topological polar surface area (TPSA) is 125 Å². The molecule has 2 aliphatic rings. The van der Waals surface area contributed by atoms with E-state index in [2.05, 4.69) is 36.6 Å². The van der Waals surface area contributed by atoms with Crippen molar-refractivity contribution in [3.63, 3.8) is 0 Å². The summed E-state index contributed by atoms with van der Waals surface area (Å²) in [6.07, 6.45) is 1.95. The number of nitriles is 1. The lowest BCUT2D eigenvalue weighted by molar-refractivity contribution is -0.0855. The molecule has 2 N–H and O–H groups in total. The van der Waals surface area contributed by atoms with Crippen molar-refractivity contribution in [3.8, 4) is 6.07 Å². The maximum absolute atomic E-state index is 12.4. The molecule has 0 saturated carbocycles. The van der Waals surface area contributed by atoms with Gasteiger partial charge in [0.2, 0.25) is 0 Å². The van der Waals surface area contributed by atoms with Crippen molar-refractivity contribution in [2.24, 2.45) is 0 Å². The molecule has 10 nitrogen and oxygen atoms in total. The number of ether oxygens (including phenoxy) is 2. The second-order valence-corrected chi connectivity index (χ2v) is 8.76. The number of nitrogens with one attached hydrogen (secondary N) is 2. The molecule has 0 aromatic carbocycles. The number of aryl methyl sites for hydroxylation is 1. The lowest BCUT2D eigenvalue weighted by Crippen LogP contribution is -2.39. The number of hydrogen-bond donors (Lipinski definition) is 2. The number of amides is 1. The number of anilines is 2. The van der Waals surface area contributed by atoms with Gasteiger partial charge in [-0.1, -0.05) is 0 Å². The Morgan fingerprint density at radius 1 is 1.38 bits per heavy atom. The normalized spacial score (nSPS) is 21.6. The average Bonchev–Trinajstić information content (AvgIpc) is 3.27. The third-order valence-corrected chi connectivity index (χ3v) is 6.18. The molecule has 170 valence electrons. The fourth-order valence-corrected chi connectivity index (χ4v) is 4.60. The minimum atomic E-state index is -0.247. The number of rotatable bonds is 7. The van der Waals surface area contributed by atoms with E-state index in [4.69, 9.17) is 14.7 Å². The molecule has 2 aromatic heterocycles. The molecule has 0 unspecified atom stereocenters. The molecule has 0 spiro atoms. The molecular weight excluding hydrogens is 430 g/mol. The summed E-state index contributed by atoms with van der Waals surface area (Å²) in [7, 11) is 0. The van der Waals surface area contributed by atoms with Crippen LogP contribution in [0.5, 0.6) is 0 Å². The van der Waals surface area contributed by atoms with Gasteiger partial charge in [-0.05, 0) is 26.3 Å². The SMILES string of the molecule is Cc1nc(Nc2nc(C(=O)NC[C@@H]3COCCO3)cs2)cc([C@H]2CCCN(CC#N)C2)n1. The molecule has 2 saturated heterocycles. The third kappa shape index (κ3) is 5.98. The molecule has 2 aliphatic heterocycles. The maximum atomic E-state index is 12.4. The van der Waals surface area contributed by atoms with E-state index in [1.165, 1.54) is 11.3 Å². The zero-order chi connectivity index (χ0) is 22.3. The van der Waals surface area contributed by atoms with Crippen molar-refractivity contribution in [3.05, 3.63) is 28.7 Å². The van der Waals surface area contributed by atoms with Gasteiger partial charge in [-0.3, -0.25) is 9.69 Å². The second-order valence-electron chi connectivity index (χ2n) is 7.90. The highest BCUT2D eigenvalue weighted by Crippen LogP contribution is 2.28. The minimum Gasteiger partial charge on any atom is -0.376 e. The van der Waals surface area contributed by atoms with Gasteiger partial charge < -0.3 is 20.1 Å². The van der Waals surface area contributed by atoms with Crippen molar-refractivity contribution >= 4 is 28.2 Å². The van der Waals surface area contributed by atoms with Crippen LogP contribution in [0.3, 0.4) is 0 Å². The summed E-state index contributed by atoms with van der Waals surface area (Å²) < 4.78 is 10.9. The van der Waals surface area contributed by atoms with E-state index in [0.29, 0.717) is 55.4 Å². The first kappa shape index (κ1) is 22.5. The number of hydrogen-bond acceptors (Lipinski definition) is 10. The van der Waals surface area contributed by atoms with Gasteiger partial charge in [0.25, 0.3) is 5.91 Å². The van der Waals surface area contributed by atoms with Crippen molar-refractivity contribution in [1.82, 2.24) is 25.2 Å². The second kappa shape index (κ2) is 10.8. The highest BCUT2D eigenvalue weighted by molar-refractivity contribution is 7.14. The highest BCUT2D eigenvalue weighted by atomic mass is 32.1. The van der Waals surface area contributed by atoms with Crippen LogP contribution in [0.25, 0.3) is 0 Å². The third-order valence-electron chi connectivity index (χ3n) is 5.42. The van der Waals surface area contributed by atoms with Crippen LogP contribution in [-0.4, -0.2) is 77.9 Å². The van der Waals surface area contributed by atoms with Crippen LogP contribution in [0.2, 0.25) is 0 Å². The summed E-state index contributed by atoms with van der Waals surface area (Å²) in [6.45, 7) is 6.08. The van der Waals surface area contributed by atoms with Crippen molar-refractivity contribution < 1.29 is 14.3 Å². The van der Waals surface area contributed by atoms with Gasteiger partial charge in [-0.15, -0.1) is 11.3 Å². The Balaban J connectivity index is 1.37. The molecule has 11 heteroatoms. The van der Waals surface area contributed by atoms with Crippen LogP contribution in [0.4, 0.5) is 10.9 Å². The zero-order valence-corrected chi connectivity index (χ0v) is 18.9. The molecule has 0 radical (unpaired) electrons. The summed E-state index contributed by atoms with van der Waals surface area (Å²) in [5.41, 5.74) is 1.31. The monoisotopic (exact) mass is 457 g/mol. The van der Waals surface area contributed by atoms with Gasteiger partial charge >= 0.3 is 0 Å². The van der Waals surface area contributed by atoms with Crippen LogP contribution >= 0.6 is 11.3 Å². The van der Waals surface area contributed by atoms with Gasteiger partial charge in [0.05, 0.1) is 44.2 Å². The van der Waals surface area contributed by atoms with Crippen LogP contribution in [-0.2, 0) is 9.47 Å². The van der Waals surface area contributed by atoms with Gasteiger partial charge in [-0.2, -0.15) is 5.26 Å². The van der Waals surface area contributed by atoms with Crippen molar-refractivity contribution in [2.75, 3.05) is 51.3 Å². The van der Waals surface area contributed by atoms with E-state index in [9.17, 15) is 4.79 Å². The fraction of sp³-hybridized carbons (Fsp3) is 0.571. The van der Waals surface area contributed by atoms with Gasteiger partial charge in [-0.25, -0.2) is 15.0 Å². The van der Waals surface area contributed by atoms with Crippen LogP contribution < -0.4 is 10.6 Å². The largest absolute Gasteiger partial charge is 0.376 e. The van der Waals surface area contributed by atoms with E-state index in [1.807, 2.05) is 13.0 Å². The van der Waals surface area contributed by atoms with E-state index in [0.717, 1.165) is 31.6 Å². The molecule has 32 heavy (non-hydrogen) atoms. The highest BCUT2D eigenvalue weighted by Gasteiger charge is 2.23. The van der Waals surface area contributed by atoms with E-state index < -0.39 is 0 Å². The number of piperidine rings is 1. The summed E-state index contributed by atoms with van der Waals surface area (Å²) in [5.74, 6) is 1.34. The lowest BCUT2D eigenvalue weighted by atomic mass is 9.94. The summed E-state index contributed by atoms with van der Waals surface area (Å²) in [6, 6.07) is 4.17. The maximum Gasteiger partial charge on any atom is 0.270 e. The first-order valence-electron chi connectivity index (χ1n) is 10.8. The van der Waals surface area contributed by atoms with Crippen molar-refractivity contribution in [1.29, 1.82) is 5.26 Å². The number of carbonyl (C=O) groups excluding carboxylic acids is 1. The van der Waals surface area contributed by atoms with Gasteiger partial charge in [0.1, 0.15) is 17.3 Å². The van der Waals surface area contributed by atoms with Crippen molar-refractivity contribution in [2.45, 2.75) is 31.8 Å². The first-order valence-corrected chi connectivity index (χ1v) is 11.6. The smallest absolute Gasteiger partial charge is 0.270 e. The van der Waals surface area contributed by atoms with E-state index in [-0.39, 0.29) is 17.9 Å². The Kier molecular flexibility index (Phi) is 7.59. The number of likely N-dealkylation sites (tertiary alicyclic amines) is 1. The molecule has 2 fully saturated rings. The predicted octanol–water partition coefficient (Wildman–Crippen LogP) is 1.83. The Bertz CT molecular complexity index is 971. The number of carbonyl (C=O) groups is 1. The van der Waals surface area contributed by atoms with Gasteiger partial charge in [0.15, 0.2) is 5.13 Å². The fourth-order valence-electron chi connectivity index (χ4n) is 3.90. The lowest BCUT2D eigenvalue weighted by Gasteiger charge is -2.30. The van der Waals surface area contributed by atoms with Crippen LogP contribution in [0.15, 0.2) is 11.4 Å². The number of nitrogens with zero attached hydrogens (tertiary/aromatic N) is 5.